The van der Waals surface area contributed by atoms with Crippen LogP contribution in [0.1, 0.15) is 19.8 Å². The van der Waals surface area contributed by atoms with Crippen molar-refractivity contribution in [3.05, 3.63) is 0 Å². The van der Waals surface area contributed by atoms with Crippen molar-refractivity contribution in [3.63, 3.8) is 0 Å². The Bertz CT molecular complexity index is 206. The summed E-state index contributed by atoms with van der Waals surface area (Å²) >= 11 is 0. The molecule has 0 rings (SSSR count). The zero-order chi connectivity index (χ0) is 11.2. The predicted molar refractivity (Wildman–Crippen MR) is 42.7 cm³/mol. The summed E-state index contributed by atoms with van der Waals surface area (Å²) in [4.78, 5) is 8.72. The van der Waals surface area contributed by atoms with E-state index in [0.717, 1.165) is 0 Å². The first-order chi connectivity index (χ1) is 6.27. The van der Waals surface area contributed by atoms with Crippen molar-refractivity contribution < 1.29 is 31.7 Å². The standard InChI is InChI=1S/C6H12F3O4P/c1-2-3-4-12-14(10,11)13-5-6(7,8)9/h2-5H2,1H3,(H,10,11). The predicted octanol–water partition coefficient (Wildman–Crippen LogP) is 2.48. The van der Waals surface area contributed by atoms with Crippen LogP contribution in [-0.2, 0) is 13.6 Å². The minimum absolute atomic E-state index is 0.0951. The second kappa shape index (κ2) is 5.70. The van der Waals surface area contributed by atoms with E-state index in [4.69, 9.17) is 4.89 Å². The molecule has 0 aromatic carbocycles. The smallest absolute Gasteiger partial charge is 0.302 e. The van der Waals surface area contributed by atoms with Gasteiger partial charge >= 0.3 is 14.0 Å². The number of hydrogen-bond donors (Lipinski definition) is 1. The minimum atomic E-state index is -4.63. The molecule has 0 heterocycles. The minimum Gasteiger partial charge on any atom is -0.302 e. The first kappa shape index (κ1) is 13.9. The number of rotatable bonds is 6. The number of hydrogen-bond acceptors (Lipinski definition) is 3. The van der Waals surface area contributed by atoms with Gasteiger partial charge in [0.2, 0.25) is 0 Å². The molecule has 0 radical (unpaired) electrons. The molecule has 0 aliphatic carbocycles. The second-order valence-electron chi connectivity index (χ2n) is 2.54. The quantitative estimate of drug-likeness (QED) is 0.568. The zero-order valence-electron chi connectivity index (χ0n) is 7.58. The Morgan fingerprint density at radius 2 is 1.93 bits per heavy atom. The van der Waals surface area contributed by atoms with Crippen LogP contribution >= 0.6 is 7.82 Å². The largest absolute Gasteiger partial charge is 0.472 e. The molecule has 8 heteroatoms. The summed E-state index contributed by atoms with van der Waals surface area (Å²) in [5, 5.41) is 0. The molecule has 1 N–H and O–H groups in total. The van der Waals surface area contributed by atoms with Crippen LogP contribution in [0.2, 0.25) is 0 Å². The molecule has 1 unspecified atom stereocenters. The van der Waals surface area contributed by atoms with E-state index in [1.807, 2.05) is 6.92 Å². The SMILES string of the molecule is CCCCOP(=O)(O)OCC(F)(F)F. The number of halogens is 3. The third kappa shape index (κ3) is 8.50. The molecule has 14 heavy (non-hydrogen) atoms. The molecule has 1 atom stereocenters. The van der Waals surface area contributed by atoms with Crippen molar-refractivity contribution in [3.8, 4) is 0 Å². The van der Waals surface area contributed by atoms with Gasteiger partial charge in [0.1, 0.15) is 0 Å². The molecule has 0 aliphatic rings. The van der Waals surface area contributed by atoms with Crippen molar-refractivity contribution in [2.75, 3.05) is 13.2 Å². The summed E-state index contributed by atoms with van der Waals surface area (Å²) in [6.07, 6.45) is -3.44. The molecule has 0 fully saturated rings. The third-order valence-corrected chi connectivity index (χ3v) is 2.11. The normalized spacial score (nSPS) is 16.6. The highest BCUT2D eigenvalue weighted by molar-refractivity contribution is 7.47. The summed E-state index contributed by atoms with van der Waals surface area (Å²) in [7, 11) is -4.54. The van der Waals surface area contributed by atoms with Gasteiger partial charge in [0.25, 0.3) is 0 Å². The van der Waals surface area contributed by atoms with Gasteiger partial charge in [-0.15, -0.1) is 0 Å². The average molecular weight is 236 g/mol. The monoisotopic (exact) mass is 236 g/mol. The maximum absolute atomic E-state index is 11.6. The number of alkyl halides is 3. The molecule has 0 aromatic rings. The Labute approximate surface area is 79.6 Å². The van der Waals surface area contributed by atoms with Crippen LogP contribution in [0.4, 0.5) is 13.2 Å². The van der Waals surface area contributed by atoms with E-state index in [1.54, 1.807) is 0 Å². The molecule has 0 aliphatic heterocycles. The van der Waals surface area contributed by atoms with E-state index in [9.17, 15) is 17.7 Å². The summed E-state index contributed by atoms with van der Waals surface area (Å²) < 4.78 is 53.4. The van der Waals surface area contributed by atoms with Crippen molar-refractivity contribution in [2.24, 2.45) is 0 Å². The number of phosphoric ester groups is 1. The molecule has 86 valence electrons. The summed E-state index contributed by atoms with van der Waals surface area (Å²) in [6.45, 7) is -0.0722. The van der Waals surface area contributed by atoms with Crippen LogP contribution < -0.4 is 0 Å². The highest BCUT2D eigenvalue weighted by Gasteiger charge is 2.33. The highest BCUT2D eigenvalue weighted by atomic mass is 31.2. The number of phosphoric acid groups is 1. The fourth-order valence-electron chi connectivity index (χ4n) is 0.516. The van der Waals surface area contributed by atoms with E-state index in [1.165, 1.54) is 0 Å². The number of unbranched alkanes of at least 4 members (excludes halogenated alkanes) is 1. The van der Waals surface area contributed by atoms with Gasteiger partial charge in [0, 0.05) is 0 Å². The van der Waals surface area contributed by atoms with Crippen molar-refractivity contribution >= 4 is 7.82 Å². The van der Waals surface area contributed by atoms with Crippen LogP contribution in [0.3, 0.4) is 0 Å². The molecule has 0 aromatic heterocycles. The summed E-state index contributed by atoms with van der Waals surface area (Å²) in [6, 6.07) is 0. The Morgan fingerprint density at radius 3 is 2.36 bits per heavy atom. The lowest BCUT2D eigenvalue weighted by Crippen LogP contribution is -2.16. The van der Waals surface area contributed by atoms with E-state index < -0.39 is 20.6 Å². The van der Waals surface area contributed by atoms with E-state index in [-0.39, 0.29) is 6.61 Å². The van der Waals surface area contributed by atoms with Gasteiger partial charge < -0.3 is 4.89 Å². The van der Waals surface area contributed by atoms with Gasteiger partial charge in [-0.05, 0) is 6.42 Å². The maximum Gasteiger partial charge on any atom is 0.472 e. The molecule has 0 saturated carbocycles. The lowest BCUT2D eigenvalue weighted by molar-refractivity contribution is -0.157. The van der Waals surface area contributed by atoms with Gasteiger partial charge in [-0.2, -0.15) is 13.2 Å². The summed E-state index contributed by atoms with van der Waals surface area (Å²) in [5.74, 6) is 0. The van der Waals surface area contributed by atoms with E-state index >= 15 is 0 Å². The Kier molecular flexibility index (Phi) is 5.66. The first-order valence-electron chi connectivity index (χ1n) is 3.95. The highest BCUT2D eigenvalue weighted by Crippen LogP contribution is 2.44. The molecule has 0 spiro atoms. The second-order valence-corrected chi connectivity index (χ2v) is 4.00. The van der Waals surface area contributed by atoms with Gasteiger partial charge in [-0.3, -0.25) is 9.05 Å². The molecule has 0 saturated heterocycles. The fraction of sp³-hybridized carbons (Fsp3) is 1.00. The average Bonchev–Trinajstić information content (AvgIpc) is 2.00. The Balaban J connectivity index is 3.78. The van der Waals surface area contributed by atoms with Crippen LogP contribution in [-0.4, -0.2) is 24.3 Å². The molecule has 0 bridgehead atoms. The lowest BCUT2D eigenvalue weighted by Gasteiger charge is -2.12. The van der Waals surface area contributed by atoms with E-state index in [0.29, 0.717) is 12.8 Å². The van der Waals surface area contributed by atoms with Crippen LogP contribution in [0.15, 0.2) is 0 Å². The topological polar surface area (TPSA) is 55.8 Å². The van der Waals surface area contributed by atoms with Gasteiger partial charge in [-0.25, -0.2) is 4.57 Å². The van der Waals surface area contributed by atoms with Crippen LogP contribution in [0.5, 0.6) is 0 Å². The van der Waals surface area contributed by atoms with Crippen LogP contribution in [0.25, 0.3) is 0 Å². The Morgan fingerprint density at radius 1 is 1.36 bits per heavy atom. The van der Waals surface area contributed by atoms with E-state index in [2.05, 4.69) is 9.05 Å². The van der Waals surface area contributed by atoms with Gasteiger partial charge in [-0.1, -0.05) is 13.3 Å². The van der Waals surface area contributed by atoms with Gasteiger partial charge in [0.05, 0.1) is 6.61 Å². The molecular formula is C6H12F3O4P. The first-order valence-corrected chi connectivity index (χ1v) is 5.45. The van der Waals surface area contributed by atoms with Crippen LogP contribution in [0, 0.1) is 0 Å². The lowest BCUT2D eigenvalue weighted by atomic mass is 10.4. The molecule has 0 amide bonds. The van der Waals surface area contributed by atoms with Crippen molar-refractivity contribution in [1.82, 2.24) is 0 Å². The summed E-state index contributed by atoms with van der Waals surface area (Å²) in [5.41, 5.74) is 0. The molecular weight excluding hydrogens is 224 g/mol. The Hall–Kier alpha value is -0.100. The fourth-order valence-corrected chi connectivity index (χ4v) is 1.26. The third-order valence-electron chi connectivity index (χ3n) is 1.14. The van der Waals surface area contributed by atoms with Crippen molar-refractivity contribution in [2.45, 2.75) is 25.9 Å². The maximum atomic E-state index is 11.6. The molecule has 4 nitrogen and oxygen atoms in total. The van der Waals surface area contributed by atoms with Gasteiger partial charge in [0.15, 0.2) is 6.61 Å². The zero-order valence-corrected chi connectivity index (χ0v) is 8.48. The van der Waals surface area contributed by atoms with Crippen molar-refractivity contribution in [1.29, 1.82) is 0 Å².